The molecule has 1 aromatic heterocycles. The highest BCUT2D eigenvalue weighted by Crippen LogP contribution is 2.30. The molecular formula is C14H18N2O3S. The Labute approximate surface area is 118 Å². The number of hydrogen-bond donors (Lipinski definition) is 1. The molecule has 2 heterocycles. The number of fused-ring (bicyclic) bond motifs is 1. The quantitative estimate of drug-likeness (QED) is 0.937. The van der Waals surface area contributed by atoms with E-state index in [1.165, 1.54) is 0 Å². The molecule has 0 amide bonds. The van der Waals surface area contributed by atoms with Crippen LogP contribution < -0.4 is 5.14 Å². The second-order valence-electron chi connectivity index (χ2n) is 5.22. The van der Waals surface area contributed by atoms with Crippen molar-refractivity contribution < 1.29 is 13.2 Å². The minimum absolute atomic E-state index is 0.151. The van der Waals surface area contributed by atoms with Gasteiger partial charge in [-0.15, -0.1) is 0 Å². The highest BCUT2D eigenvalue weighted by atomic mass is 32.2. The molecule has 0 spiro atoms. The summed E-state index contributed by atoms with van der Waals surface area (Å²) in [6.07, 6.45) is 2.22. The normalized spacial score (nSPS) is 19.8. The van der Waals surface area contributed by atoms with Gasteiger partial charge in [-0.2, -0.15) is 0 Å². The summed E-state index contributed by atoms with van der Waals surface area (Å²) in [4.78, 5) is 0.228. The van der Waals surface area contributed by atoms with Gasteiger partial charge < -0.3 is 9.30 Å². The number of primary sulfonamides is 1. The Bertz CT molecular complexity index is 743. The van der Waals surface area contributed by atoms with Crippen molar-refractivity contribution >= 4 is 20.9 Å². The number of nitrogens with two attached hydrogens (primary N) is 1. The van der Waals surface area contributed by atoms with Crippen LogP contribution in [0.3, 0.4) is 0 Å². The lowest BCUT2D eigenvalue weighted by Gasteiger charge is -2.13. The molecule has 0 bridgehead atoms. The number of nitrogens with zero attached hydrogens (tertiary/aromatic N) is 1. The Morgan fingerprint density at radius 2 is 2.15 bits per heavy atom. The first-order valence-corrected chi connectivity index (χ1v) is 8.25. The van der Waals surface area contributed by atoms with Crippen LogP contribution in [0.25, 0.3) is 10.9 Å². The average Bonchev–Trinajstić information content (AvgIpc) is 2.96. The summed E-state index contributed by atoms with van der Waals surface area (Å²) >= 11 is 0. The summed E-state index contributed by atoms with van der Waals surface area (Å²) in [7, 11) is -3.73. The number of rotatable bonds is 3. The zero-order valence-electron chi connectivity index (χ0n) is 11.4. The van der Waals surface area contributed by atoms with Crippen LogP contribution in [0.1, 0.15) is 18.5 Å². The number of hydrogen-bond acceptors (Lipinski definition) is 3. The van der Waals surface area contributed by atoms with Gasteiger partial charge in [0.2, 0.25) is 10.0 Å². The number of para-hydroxylation sites is 1. The van der Waals surface area contributed by atoms with Crippen molar-refractivity contribution in [1.29, 1.82) is 0 Å². The van der Waals surface area contributed by atoms with Crippen LogP contribution >= 0.6 is 0 Å². The predicted octanol–water partition coefficient (Wildman–Crippen LogP) is 1.78. The van der Waals surface area contributed by atoms with Gasteiger partial charge in [0, 0.05) is 29.7 Å². The van der Waals surface area contributed by atoms with Crippen molar-refractivity contribution in [2.24, 2.45) is 5.14 Å². The van der Waals surface area contributed by atoms with E-state index in [9.17, 15) is 8.42 Å². The molecule has 2 N–H and O–H groups in total. The van der Waals surface area contributed by atoms with Gasteiger partial charge in [-0.3, -0.25) is 0 Å². The second-order valence-corrected chi connectivity index (χ2v) is 6.72. The van der Waals surface area contributed by atoms with Crippen LogP contribution in [0.4, 0.5) is 0 Å². The van der Waals surface area contributed by atoms with E-state index in [4.69, 9.17) is 9.88 Å². The number of ether oxygens (including phenoxy) is 1. The molecule has 1 aliphatic heterocycles. The van der Waals surface area contributed by atoms with Crippen molar-refractivity contribution in [2.45, 2.75) is 37.3 Å². The van der Waals surface area contributed by atoms with Gasteiger partial charge in [-0.1, -0.05) is 18.2 Å². The van der Waals surface area contributed by atoms with Gasteiger partial charge in [0.15, 0.2) is 0 Å². The molecule has 5 nitrogen and oxygen atoms in total. The number of aromatic nitrogens is 1. The zero-order valence-corrected chi connectivity index (χ0v) is 12.2. The molecule has 3 rings (SSSR count). The third kappa shape index (κ3) is 2.24. The van der Waals surface area contributed by atoms with Crippen molar-refractivity contribution in [3.05, 3.63) is 30.0 Å². The van der Waals surface area contributed by atoms with E-state index in [0.29, 0.717) is 17.6 Å². The summed E-state index contributed by atoms with van der Waals surface area (Å²) in [5.74, 6) is 0. The van der Waals surface area contributed by atoms with Gasteiger partial charge in [0.05, 0.1) is 6.10 Å². The first kappa shape index (κ1) is 13.6. The molecule has 0 saturated carbocycles. The van der Waals surface area contributed by atoms with Crippen molar-refractivity contribution in [3.63, 3.8) is 0 Å². The molecule has 2 aromatic rings. The highest BCUT2D eigenvalue weighted by Gasteiger charge is 2.24. The summed E-state index contributed by atoms with van der Waals surface area (Å²) < 4.78 is 31.4. The van der Waals surface area contributed by atoms with E-state index in [1.807, 2.05) is 22.8 Å². The van der Waals surface area contributed by atoms with Crippen LogP contribution in [0.15, 0.2) is 29.2 Å². The van der Waals surface area contributed by atoms with E-state index in [0.717, 1.165) is 25.0 Å². The number of benzene rings is 1. The fourth-order valence-corrected chi connectivity index (χ4v) is 3.99. The molecular weight excluding hydrogens is 276 g/mol. The van der Waals surface area contributed by atoms with Gasteiger partial charge in [-0.25, -0.2) is 13.6 Å². The van der Waals surface area contributed by atoms with Crippen LogP contribution in [0.5, 0.6) is 0 Å². The van der Waals surface area contributed by atoms with Crippen molar-refractivity contribution in [3.8, 4) is 0 Å². The molecule has 6 heteroatoms. The van der Waals surface area contributed by atoms with Gasteiger partial charge >= 0.3 is 0 Å². The molecule has 0 aliphatic carbocycles. The summed E-state index contributed by atoms with van der Waals surface area (Å²) in [6, 6.07) is 7.45. The van der Waals surface area contributed by atoms with Crippen LogP contribution in [0, 0.1) is 6.92 Å². The van der Waals surface area contributed by atoms with E-state index < -0.39 is 10.0 Å². The lowest BCUT2D eigenvalue weighted by atomic mass is 10.2. The van der Waals surface area contributed by atoms with Gasteiger partial charge in [0.25, 0.3) is 0 Å². The molecule has 108 valence electrons. The van der Waals surface area contributed by atoms with Crippen LogP contribution in [-0.4, -0.2) is 25.7 Å². The Morgan fingerprint density at radius 1 is 1.40 bits per heavy atom. The standard InChI is InChI=1S/C14H18N2O3S/c1-10-14(20(15,17)18)12-6-2-3-7-13(12)16(10)9-11-5-4-8-19-11/h2-3,6-7,11H,4-5,8-9H2,1H3,(H2,15,17,18). The Morgan fingerprint density at radius 3 is 2.80 bits per heavy atom. The SMILES string of the molecule is Cc1c(S(N)(=O)=O)c2ccccc2n1CC1CCCO1. The zero-order chi connectivity index (χ0) is 14.3. The van der Waals surface area contributed by atoms with E-state index in [2.05, 4.69) is 0 Å². The highest BCUT2D eigenvalue weighted by molar-refractivity contribution is 7.89. The molecule has 20 heavy (non-hydrogen) atoms. The van der Waals surface area contributed by atoms with Crippen molar-refractivity contribution in [2.75, 3.05) is 6.61 Å². The molecule has 1 saturated heterocycles. The lowest BCUT2D eigenvalue weighted by molar-refractivity contribution is 0.0975. The summed E-state index contributed by atoms with van der Waals surface area (Å²) in [6.45, 7) is 3.25. The summed E-state index contributed by atoms with van der Waals surface area (Å²) in [5.41, 5.74) is 1.58. The molecule has 1 fully saturated rings. The third-order valence-corrected chi connectivity index (χ3v) is 4.95. The minimum Gasteiger partial charge on any atom is -0.376 e. The third-order valence-electron chi connectivity index (χ3n) is 3.87. The molecule has 1 atom stereocenters. The number of sulfonamides is 1. The maximum atomic E-state index is 11.9. The molecule has 1 unspecified atom stereocenters. The van der Waals surface area contributed by atoms with E-state index in [1.54, 1.807) is 13.0 Å². The maximum absolute atomic E-state index is 11.9. The smallest absolute Gasteiger partial charge is 0.240 e. The summed E-state index contributed by atoms with van der Waals surface area (Å²) in [5, 5.41) is 6.06. The predicted molar refractivity (Wildman–Crippen MR) is 77.0 cm³/mol. The fraction of sp³-hybridized carbons (Fsp3) is 0.429. The topological polar surface area (TPSA) is 74.3 Å². The molecule has 1 aromatic carbocycles. The fourth-order valence-electron chi connectivity index (χ4n) is 2.99. The van der Waals surface area contributed by atoms with Crippen LogP contribution in [0.2, 0.25) is 0 Å². The van der Waals surface area contributed by atoms with E-state index >= 15 is 0 Å². The van der Waals surface area contributed by atoms with Gasteiger partial charge in [0.1, 0.15) is 4.90 Å². The molecule has 1 aliphatic rings. The Hall–Kier alpha value is -1.37. The first-order chi connectivity index (χ1) is 9.48. The van der Waals surface area contributed by atoms with Crippen molar-refractivity contribution in [1.82, 2.24) is 4.57 Å². The second kappa shape index (κ2) is 4.87. The largest absolute Gasteiger partial charge is 0.376 e. The Kier molecular flexibility index (Phi) is 3.32. The first-order valence-electron chi connectivity index (χ1n) is 6.70. The van der Waals surface area contributed by atoms with E-state index in [-0.39, 0.29) is 11.0 Å². The van der Waals surface area contributed by atoms with Gasteiger partial charge in [-0.05, 0) is 25.8 Å². The average molecular weight is 294 g/mol. The van der Waals surface area contributed by atoms with Crippen LogP contribution in [-0.2, 0) is 21.3 Å². The lowest BCUT2D eigenvalue weighted by Crippen LogP contribution is -2.17. The minimum atomic E-state index is -3.73. The molecule has 0 radical (unpaired) electrons. The monoisotopic (exact) mass is 294 g/mol. The maximum Gasteiger partial charge on any atom is 0.240 e. The Balaban J connectivity index is 2.18.